The zero-order valence-corrected chi connectivity index (χ0v) is 10.9. The van der Waals surface area contributed by atoms with Crippen LogP contribution in [0.25, 0.3) is 0 Å². The van der Waals surface area contributed by atoms with Gasteiger partial charge in [-0.1, -0.05) is 0 Å². The van der Waals surface area contributed by atoms with Gasteiger partial charge in [-0.3, -0.25) is 14.5 Å². The van der Waals surface area contributed by atoms with Crippen LogP contribution in [0.15, 0.2) is 18.2 Å². The van der Waals surface area contributed by atoms with Crippen molar-refractivity contribution in [2.45, 2.75) is 25.2 Å². The molecule has 1 aliphatic rings. The van der Waals surface area contributed by atoms with E-state index in [4.69, 9.17) is 0 Å². The van der Waals surface area contributed by atoms with E-state index in [2.05, 4.69) is 0 Å². The maximum atomic E-state index is 12.6. The highest BCUT2D eigenvalue weighted by Crippen LogP contribution is 2.33. The molecule has 0 saturated carbocycles. The second kappa shape index (κ2) is 5.29. The number of rotatable bonds is 3. The summed E-state index contributed by atoms with van der Waals surface area (Å²) in [5.74, 6) is -1.89. The van der Waals surface area contributed by atoms with Crippen molar-refractivity contribution in [2.75, 3.05) is 6.54 Å². The van der Waals surface area contributed by atoms with Gasteiger partial charge in [0.2, 0.25) is 0 Å². The first-order valence-corrected chi connectivity index (χ1v) is 6.15. The minimum absolute atomic E-state index is 0.231. The van der Waals surface area contributed by atoms with E-state index < -0.39 is 54.7 Å². The van der Waals surface area contributed by atoms with Gasteiger partial charge in [0, 0.05) is 13.0 Å². The Hall–Kier alpha value is -2.06. The fourth-order valence-electron chi connectivity index (χ4n) is 2.11. The molecular weight excluding hydrogens is 316 g/mol. The smallest absolute Gasteiger partial charge is 0.274 e. The van der Waals surface area contributed by atoms with Crippen molar-refractivity contribution in [3.05, 3.63) is 34.9 Å². The van der Waals surface area contributed by atoms with Crippen LogP contribution in [0, 0.1) is 0 Å². The van der Waals surface area contributed by atoms with Crippen LogP contribution in [0.4, 0.5) is 26.3 Å². The standard InChI is InChI=1S/C13H9F6NO2/c14-12(15,16)4-1-5-20-10(21)8-3-2-7(13(17,18)19)6-9(8)11(20)22/h2-3,6H,1,4-5H2. The molecule has 0 aromatic heterocycles. The molecule has 3 nitrogen and oxygen atoms in total. The highest BCUT2D eigenvalue weighted by molar-refractivity contribution is 6.21. The number of amides is 2. The molecule has 1 aromatic carbocycles. The van der Waals surface area contributed by atoms with Gasteiger partial charge in [-0.15, -0.1) is 0 Å². The lowest BCUT2D eigenvalue weighted by atomic mass is 10.1. The Morgan fingerprint density at radius 3 is 2.05 bits per heavy atom. The van der Waals surface area contributed by atoms with E-state index in [0.29, 0.717) is 17.0 Å². The third kappa shape index (κ3) is 3.23. The lowest BCUT2D eigenvalue weighted by Gasteiger charge is -2.14. The minimum Gasteiger partial charge on any atom is -0.274 e. The Labute approximate surface area is 120 Å². The van der Waals surface area contributed by atoms with E-state index in [1.165, 1.54) is 0 Å². The maximum absolute atomic E-state index is 12.6. The fraction of sp³-hybridized carbons (Fsp3) is 0.385. The summed E-state index contributed by atoms with van der Waals surface area (Å²) >= 11 is 0. The zero-order chi connectivity index (χ0) is 16.7. The summed E-state index contributed by atoms with van der Waals surface area (Å²) in [7, 11) is 0. The predicted octanol–water partition coefficient (Wildman–Crippen LogP) is 3.64. The van der Waals surface area contributed by atoms with E-state index in [1.807, 2.05) is 0 Å². The van der Waals surface area contributed by atoms with Gasteiger partial charge in [-0.25, -0.2) is 0 Å². The van der Waals surface area contributed by atoms with Crippen molar-refractivity contribution < 1.29 is 35.9 Å². The quantitative estimate of drug-likeness (QED) is 0.628. The van der Waals surface area contributed by atoms with Gasteiger partial charge in [-0.05, 0) is 24.6 Å². The van der Waals surface area contributed by atoms with Gasteiger partial charge in [0.25, 0.3) is 11.8 Å². The monoisotopic (exact) mass is 325 g/mol. The van der Waals surface area contributed by atoms with E-state index in [9.17, 15) is 35.9 Å². The third-order valence-corrected chi connectivity index (χ3v) is 3.14. The van der Waals surface area contributed by atoms with Gasteiger partial charge in [0.15, 0.2) is 0 Å². The SMILES string of the molecule is O=C1c2ccc(C(F)(F)F)cc2C(=O)N1CCCC(F)(F)F. The Balaban J connectivity index is 2.19. The molecule has 2 amide bonds. The van der Waals surface area contributed by atoms with Crippen molar-refractivity contribution in [3.63, 3.8) is 0 Å². The molecule has 0 spiro atoms. The van der Waals surface area contributed by atoms with Crippen molar-refractivity contribution in [3.8, 4) is 0 Å². The summed E-state index contributed by atoms with van der Waals surface area (Å²) in [4.78, 5) is 24.3. The van der Waals surface area contributed by atoms with Gasteiger partial charge >= 0.3 is 12.4 Å². The zero-order valence-electron chi connectivity index (χ0n) is 10.9. The summed E-state index contributed by atoms with van der Waals surface area (Å²) in [6.07, 6.45) is -10.8. The van der Waals surface area contributed by atoms with Crippen LogP contribution < -0.4 is 0 Å². The fourth-order valence-corrected chi connectivity index (χ4v) is 2.11. The Morgan fingerprint density at radius 1 is 0.909 bits per heavy atom. The molecule has 0 fully saturated rings. The molecule has 0 aliphatic carbocycles. The number of halogens is 6. The summed E-state index contributed by atoms with van der Waals surface area (Å²) in [5, 5.41) is 0. The molecule has 1 aliphatic heterocycles. The second-order valence-electron chi connectivity index (χ2n) is 4.74. The number of carbonyl (C=O) groups is 2. The first-order chi connectivity index (χ1) is 10.0. The van der Waals surface area contributed by atoms with Crippen LogP contribution in [0.2, 0.25) is 0 Å². The molecule has 0 saturated heterocycles. The van der Waals surface area contributed by atoms with Crippen molar-refractivity contribution in [1.29, 1.82) is 0 Å². The highest BCUT2D eigenvalue weighted by atomic mass is 19.4. The number of imide groups is 1. The Morgan fingerprint density at radius 2 is 1.50 bits per heavy atom. The topological polar surface area (TPSA) is 37.4 Å². The van der Waals surface area contributed by atoms with Gasteiger partial charge in [0.05, 0.1) is 16.7 Å². The molecule has 1 aromatic rings. The lowest BCUT2D eigenvalue weighted by Crippen LogP contribution is -2.31. The number of alkyl halides is 6. The third-order valence-electron chi connectivity index (χ3n) is 3.14. The molecule has 2 rings (SSSR count). The van der Waals surface area contributed by atoms with Crippen LogP contribution in [0.1, 0.15) is 39.1 Å². The number of fused-ring (bicyclic) bond motifs is 1. The molecule has 0 radical (unpaired) electrons. The van der Waals surface area contributed by atoms with Crippen molar-refractivity contribution >= 4 is 11.8 Å². The van der Waals surface area contributed by atoms with E-state index in [0.717, 1.165) is 6.07 Å². The molecule has 22 heavy (non-hydrogen) atoms. The van der Waals surface area contributed by atoms with E-state index in [-0.39, 0.29) is 5.56 Å². The molecule has 1 heterocycles. The van der Waals surface area contributed by atoms with Crippen LogP contribution in [0.5, 0.6) is 0 Å². The number of hydrogen-bond donors (Lipinski definition) is 0. The maximum Gasteiger partial charge on any atom is 0.416 e. The largest absolute Gasteiger partial charge is 0.416 e. The average Bonchev–Trinajstić information content (AvgIpc) is 2.61. The molecule has 0 unspecified atom stereocenters. The highest BCUT2D eigenvalue weighted by Gasteiger charge is 2.39. The van der Waals surface area contributed by atoms with Crippen LogP contribution in [-0.4, -0.2) is 29.4 Å². The Bertz CT molecular complexity index is 620. The number of carbonyl (C=O) groups excluding carboxylic acids is 2. The Kier molecular flexibility index (Phi) is 3.92. The molecule has 9 heteroatoms. The molecule has 0 atom stereocenters. The van der Waals surface area contributed by atoms with Crippen molar-refractivity contribution in [2.24, 2.45) is 0 Å². The van der Waals surface area contributed by atoms with Gasteiger partial charge < -0.3 is 0 Å². The number of hydrogen-bond acceptors (Lipinski definition) is 2. The first kappa shape index (κ1) is 16.3. The summed E-state index contributed by atoms with van der Waals surface area (Å²) in [5.41, 5.74) is -1.76. The minimum atomic E-state index is -4.68. The second-order valence-corrected chi connectivity index (χ2v) is 4.74. The predicted molar refractivity (Wildman–Crippen MR) is 62.1 cm³/mol. The van der Waals surface area contributed by atoms with Gasteiger partial charge in [0.1, 0.15) is 0 Å². The molecule has 120 valence electrons. The molecule has 0 bridgehead atoms. The normalized spacial score (nSPS) is 15.5. The van der Waals surface area contributed by atoms with Crippen LogP contribution in [-0.2, 0) is 6.18 Å². The van der Waals surface area contributed by atoms with E-state index >= 15 is 0 Å². The average molecular weight is 325 g/mol. The summed E-state index contributed by atoms with van der Waals surface area (Å²) in [6, 6.07) is 2.06. The van der Waals surface area contributed by atoms with Crippen LogP contribution >= 0.6 is 0 Å². The van der Waals surface area contributed by atoms with Gasteiger partial charge in [-0.2, -0.15) is 26.3 Å². The van der Waals surface area contributed by atoms with Crippen molar-refractivity contribution in [1.82, 2.24) is 4.90 Å². The first-order valence-electron chi connectivity index (χ1n) is 6.15. The number of benzene rings is 1. The molecular formula is C13H9F6NO2. The van der Waals surface area contributed by atoms with Crippen LogP contribution in [0.3, 0.4) is 0 Å². The van der Waals surface area contributed by atoms with E-state index in [1.54, 1.807) is 0 Å². The lowest BCUT2D eigenvalue weighted by molar-refractivity contribution is -0.138. The summed E-state index contributed by atoms with van der Waals surface area (Å²) in [6.45, 7) is -0.493. The number of nitrogens with zero attached hydrogens (tertiary/aromatic N) is 1. The summed E-state index contributed by atoms with van der Waals surface area (Å²) < 4.78 is 73.9. The molecule has 0 N–H and O–H groups in total.